The van der Waals surface area contributed by atoms with Gasteiger partial charge in [-0.25, -0.2) is 4.98 Å². The van der Waals surface area contributed by atoms with Gasteiger partial charge in [0.25, 0.3) is 11.3 Å². The van der Waals surface area contributed by atoms with E-state index in [9.17, 15) is 4.79 Å². The molecule has 0 spiro atoms. The van der Waals surface area contributed by atoms with E-state index >= 15 is 0 Å². The van der Waals surface area contributed by atoms with Crippen molar-refractivity contribution in [2.45, 2.75) is 0 Å². The van der Waals surface area contributed by atoms with Crippen molar-refractivity contribution in [3.63, 3.8) is 0 Å². The highest BCUT2D eigenvalue weighted by atomic mass is 35.5. The summed E-state index contributed by atoms with van der Waals surface area (Å²) >= 11 is 5.99. The number of H-pyrrole nitrogens is 1. The fourth-order valence-corrected chi connectivity index (χ4v) is 1.78. The molecule has 1 N–H and O–H groups in total. The van der Waals surface area contributed by atoms with Gasteiger partial charge in [0.2, 0.25) is 0 Å². The molecule has 6 nitrogen and oxygen atoms in total. The predicted molar refractivity (Wildman–Crippen MR) is 61.8 cm³/mol. The van der Waals surface area contributed by atoms with Crippen LogP contribution in [0.1, 0.15) is 0 Å². The summed E-state index contributed by atoms with van der Waals surface area (Å²) in [6, 6.07) is 9.21. The number of rotatable bonds is 1. The van der Waals surface area contributed by atoms with Crippen molar-refractivity contribution >= 4 is 17.4 Å². The molecule has 3 aromatic rings. The minimum Gasteiger partial charge on any atom is -0.265 e. The molecule has 3 rings (SSSR count). The van der Waals surface area contributed by atoms with Gasteiger partial charge in [-0.2, -0.15) is 9.73 Å². The summed E-state index contributed by atoms with van der Waals surface area (Å²) in [4.78, 5) is 16.1. The quantitative estimate of drug-likeness (QED) is 0.699. The lowest BCUT2D eigenvalue weighted by Gasteiger charge is -2.02. The molecule has 0 aliphatic carbocycles. The molecule has 0 amide bonds. The smallest absolute Gasteiger partial charge is 0.265 e. The zero-order valence-corrected chi connectivity index (χ0v) is 9.22. The standard InChI is InChI=1S/C10H6ClN5O/c11-7-8(6-4-2-1-3-5-6)12-10-13-14-15-16(10)9(7)17/h1-5H,(H,12,13,15). The second-order valence-electron chi connectivity index (χ2n) is 3.38. The normalized spacial score (nSPS) is 10.9. The van der Waals surface area contributed by atoms with Crippen LogP contribution in [0.25, 0.3) is 17.0 Å². The molecule has 17 heavy (non-hydrogen) atoms. The molecule has 1 aromatic carbocycles. The zero-order chi connectivity index (χ0) is 11.8. The first-order chi connectivity index (χ1) is 8.27. The van der Waals surface area contributed by atoms with E-state index in [1.54, 1.807) is 0 Å². The Kier molecular flexibility index (Phi) is 2.15. The number of nitrogens with one attached hydrogen (secondary N) is 1. The number of hydrogen-bond donors (Lipinski definition) is 1. The van der Waals surface area contributed by atoms with E-state index in [1.807, 2.05) is 30.3 Å². The van der Waals surface area contributed by atoms with Crippen molar-refractivity contribution in [1.29, 1.82) is 0 Å². The molecule has 0 saturated carbocycles. The van der Waals surface area contributed by atoms with Crippen LogP contribution >= 0.6 is 11.6 Å². The highest BCUT2D eigenvalue weighted by molar-refractivity contribution is 6.32. The molecule has 0 unspecified atom stereocenters. The molecular weight excluding hydrogens is 242 g/mol. The number of aromatic amines is 1. The van der Waals surface area contributed by atoms with E-state index in [2.05, 4.69) is 20.5 Å². The van der Waals surface area contributed by atoms with Crippen LogP contribution in [0, 0.1) is 0 Å². The molecule has 0 aliphatic heterocycles. The van der Waals surface area contributed by atoms with Crippen molar-refractivity contribution in [3.8, 4) is 11.3 Å². The minimum absolute atomic E-state index is 0.0414. The number of tetrazole rings is 1. The van der Waals surface area contributed by atoms with E-state index in [4.69, 9.17) is 11.6 Å². The lowest BCUT2D eigenvalue weighted by atomic mass is 10.1. The topological polar surface area (TPSA) is 75.9 Å². The highest BCUT2D eigenvalue weighted by Gasteiger charge is 2.13. The van der Waals surface area contributed by atoms with Gasteiger partial charge in [-0.05, 0) is 5.21 Å². The maximum atomic E-state index is 11.9. The second kappa shape index (κ2) is 3.67. The van der Waals surface area contributed by atoms with Crippen LogP contribution in [0.15, 0.2) is 35.1 Å². The van der Waals surface area contributed by atoms with Gasteiger partial charge in [0.15, 0.2) is 0 Å². The lowest BCUT2D eigenvalue weighted by Crippen LogP contribution is -2.16. The van der Waals surface area contributed by atoms with Gasteiger partial charge in [0, 0.05) is 5.56 Å². The Balaban J connectivity index is 2.38. The molecule has 0 radical (unpaired) electrons. The van der Waals surface area contributed by atoms with Crippen LogP contribution in [0.2, 0.25) is 5.02 Å². The monoisotopic (exact) mass is 247 g/mol. The SMILES string of the molecule is O=c1c(Cl)c(-c2ccccc2)nc2nn[nH]n12. The summed E-state index contributed by atoms with van der Waals surface area (Å²) in [5.41, 5.74) is 0.756. The summed E-state index contributed by atoms with van der Waals surface area (Å²) in [6.45, 7) is 0. The van der Waals surface area contributed by atoms with Crippen LogP contribution in [0.3, 0.4) is 0 Å². The van der Waals surface area contributed by atoms with Gasteiger partial charge in [-0.15, -0.1) is 0 Å². The molecule has 84 valence electrons. The maximum absolute atomic E-state index is 11.9. The Morgan fingerprint density at radius 3 is 2.76 bits per heavy atom. The summed E-state index contributed by atoms with van der Waals surface area (Å²) in [7, 11) is 0. The van der Waals surface area contributed by atoms with Gasteiger partial charge >= 0.3 is 0 Å². The van der Waals surface area contributed by atoms with E-state index in [0.717, 1.165) is 10.1 Å². The number of halogens is 1. The number of fused-ring (bicyclic) bond motifs is 1. The van der Waals surface area contributed by atoms with Crippen LogP contribution in [0.5, 0.6) is 0 Å². The van der Waals surface area contributed by atoms with Crippen LogP contribution in [-0.4, -0.2) is 25.0 Å². The minimum atomic E-state index is -0.416. The van der Waals surface area contributed by atoms with Crippen molar-refractivity contribution in [1.82, 2.24) is 25.0 Å². The second-order valence-corrected chi connectivity index (χ2v) is 3.76. The first kappa shape index (κ1) is 9.98. The largest absolute Gasteiger partial charge is 0.294 e. The fourth-order valence-electron chi connectivity index (χ4n) is 1.55. The van der Waals surface area contributed by atoms with Gasteiger partial charge in [0.1, 0.15) is 5.02 Å². The average molecular weight is 248 g/mol. The Labute approximate surface area is 99.9 Å². The molecule has 2 aromatic heterocycles. The molecular formula is C10H6ClN5O. The predicted octanol–water partition coefficient (Wildman–Crippen LogP) is 1.13. The Bertz CT molecular complexity index is 733. The number of benzene rings is 1. The van der Waals surface area contributed by atoms with E-state index in [1.165, 1.54) is 0 Å². The lowest BCUT2D eigenvalue weighted by molar-refractivity contribution is 0.801. The zero-order valence-electron chi connectivity index (χ0n) is 8.46. The number of nitrogens with zero attached hydrogens (tertiary/aromatic N) is 4. The van der Waals surface area contributed by atoms with Crippen molar-refractivity contribution in [3.05, 3.63) is 45.7 Å². The summed E-state index contributed by atoms with van der Waals surface area (Å²) in [5.74, 6) is 0.193. The molecule has 0 saturated heterocycles. The molecule has 0 fully saturated rings. The van der Waals surface area contributed by atoms with Gasteiger partial charge < -0.3 is 0 Å². The number of aromatic nitrogens is 5. The third kappa shape index (κ3) is 1.50. The highest BCUT2D eigenvalue weighted by Crippen LogP contribution is 2.22. The molecule has 7 heteroatoms. The molecule has 0 atom stereocenters. The van der Waals surface area contributed by atoms with Crippen LogP contribution < -0.4 is 5.56 Å². The molecule has 2 heterocycles. The summed E-state index contributed by atoms with van der Waals surface area (Å²) in [5, 5.41) is 9.64. The first-order valence-corrected chi connectivity index (χ1v) is 5.20. The van der Waals surface area contributed by atoms with Gasteiger partial charge in [-0.1, -0.05) is 47.0 Å². The summed E-state index contributed by atoms with van der Waals surface area (Å²) in [6.07, 6.45) is 0. The van der Waals surface area contributed by atoms with Crippen LogP contribution in [-0.2, 0) is 0 Å². The van der Waals surface area contributed by atoms with Crippen molar-refractivity contribution in [2.75, 3.05) is 0 Å². The number of hydrogen-bond acceptors (Lipinski definition) is 4. The first-order valence-electron chi connectivity index (χ1n) is 4.82. The average Bonchev–Trinajstić information content (AvgIpc) is 2.83. The third-order valence-corrected chi connectivity index (χ3v) is 2.68. The van der Waals surface area contributed by atoms with Crippen molar-refractivity contribution < 1.29 is 0 Å². The van der Waals surface area contributed by atoms with Gasteiger partial charge in [0.05, 0.1) is 5.69 Å². The summed E-state index contributed by atoms with van der Waals surface area (Å²) < 4.78 is 1.09. The third-order valence-electron chi connectivity index (χ3n) is 2.34. The van der Waals surface area contributed by atoms with Crippen molar-refractivity contribution in [2.24, 2.45) is 0 Å². The Morgan fingerprint density at radius 2 is 2.00 bits per heavy atom. The van der Waals surface area contributed by atoms with E-state index < -0.39 is 5.56 Å². The Hall–Kier alpha value is -2.21. The van der Waals surface area contributed by atoms with E-state index in [0.29, 0.717) is 5.69 Å². The Morgan fingerprint density at radius 1 is 1.24 bits per heavy atom. The molecule has 0 bridgehead atoms. The fraction of sp³-hybridized carbons (Fsp3) is 0. The maximum Gasteiger partial charge on any atom is 0.294 e. The molecule has 0 aliphatic rings. The van der Waals surface area contributed by atoms with E-state index in [-0.39, 0.29) is 10.8 Å². The van der Waals surface area contributed by atoms with Gasteiger partial charge in [-0.3, -0.25) is 4.79 Å². The van der Waals surface area contributed by atoms with Crippen LogP contribution in [0.4, 0.5) is 0 Å².